The van der Waals surface area contributed by atoms with Gasteiger partial charge >= 0.3 is 17.9 Å². The molecule has 0 radical (unpaired) electrons. The predicted octanol–water partition coefficient (Wildman–Crippen LogP) is 7.55. The molecule has 2 aliphatic rings. The Labute approximate surface area is 618 Å². The van der Waals surface area contributed by atoms with E-state index in [0.29, 0.717) is 93.2 Å². The van der Waals surface area contributed by atoms with Crippen molar-refractivity contribution < 1.29 is 66.6 Å². The first kappa shape index (κ1) is 76.0. The van der Waals surface area contributed by atoms with Crippen molar-refractivity contribution in [2.45, 2.75) is 37.8 Å². The van der Waals surface area contributed by atoms with E-state index in [-0.39, 0.29) is 50.7 Å². The van der Waals surface area contributed by atoms with Crippen molar-refractivity contribution in [3.63, 3.8) is 0 Å². The maximum absolute atomic E-state index is 12.4. The largest absolute Gasteiger partial charge is 0.493 e. The van der Waals surface area contributed by atoms with Gasteiger partial charge < -0.3 is 94.4 Å². The highest BCUT2D eigenvalue weighted by molar-refractivity contribution is 6.34. The van der Waals surface area contributed by atoms with Gasteiger partial charge in [0.2, 0.25) is 28.3 Å². The smallest absolute Gasteiger partial charge is 0.341 e. The monoisotopic (exact) mass is 1510 g/mol. The number of ether oxygens (including phenoxy) is 9. The number of nitrogen functional groups attached to an aromatic ring is 1. The van der Waals surface area contributed by atoms with E-state index in [1.54, 1.807) is 113 Å². The molecule has 11 heterocycles. The number of nitrogens with two attached hydrogens (primary N) is 3. The van der Waals surface area contributed by atoms with Gasteiger partial charge in [0.05, 0.1) is 106 Å². The third-order valence-corrected chi connectivity index (χ3v) is 16.7. The molecule has 554 valence electrons. The number of halogens is 3. The fourth-order valence-electron chi connectivity index (χ4n) is 11.1. The molecule has 0 spiro atoms. The van der Waals surface area contributed by atoms with Gasteiger partial charge in [0.15, 0.2) is 51.3 Å². The molecule has 2 atom stereocenters. The van der Waals surface area contributed by atoms with Crippen LogP contribution in [-0.4, -0.2) is 191 Å². The number of aromatic nitrogens is 15. The first-order valence-corrected chi connectivity index (χ1v) is 32.9. The topological polar surface area (TPSA) is 430 Å². The lowest BCUT2D eigenvalue weighted by Gasteiger charge is -2.22. The van der Waals surface area contributed by atoms with E-state index in [1.807, 2.05) is 41.3 Å². The molecule has 106 heavy (non-hydrogen) atoms. The van der Waals surface area contributed by atoms with E-state index in [0.717, 1.165) is 42.4 Å². The van der Waals surface area contributed by atoms with Crippen LogP contribution < -0.4 is 66.5 Å². The van der Waals surface area contributed by atoms with Gasteiger partial charge in [-0.3, -0.25) is 9.59 Å². The number of amides is 2. The molecule has 2 aliphatic heterocycles. The highest BCUT2D eigenvalue weighted by Gasteiger charge is 2.32. The molecule has 3 aromatic carbocycles. The van der Waals surface area contributed by atoms with Gasteiger partial charge in [0.25, 0.3) is 0 Å². The summed E-state index contributed by atoms with van der Waals surface area (Å²) >= 11 is 17.3. The number of nitrogens with one attached hydrogen (secondary N) is 3. The van der Waals surface area contributed by atoms with Crippen molar-refractivity contribution in [3.05, 3.63) is 161 Å². The summed E-state index contributed by atoms with van der Waals surface area (Å²) in [6.07, 6.45) is 18.6. The fourth-order valence-corrected chi connectivity index (χ4v) is 11.7. The maximum Gasteiger partial charge on any atom is 0.341 e. The number of benzene rings is 3. The van der Waals surface area contributed by atoms with Crippen LogP contribution in [0.25, 0.3) is 33.6 Å². The molecular weight excluding hydrogens is 1440 g/mol. The third kappa shape index (κ3) is 17.3. The molecule has 2 saturated heterocycles. The number of carbonyl (C=O) groups is 5. The van der Waals surface area contributed by atoms with E-state index >= 15 is 0 Å². The van der Waals surface area contributed by atoms with Gasteiger partial charge in [-0.15, -0.1) is 15.3 Å². The molecule has 12 aromatic rings. The Balaban J connectivity index is 0.000000155. The summed E-state index contributed by atoms with van der Waals surface area (Å²) in [5.74, 6) is 2.61. The van der Waals surface area contributed by atoms with Crippen molar-refractivity contribution in [2.24, 2.45) is 11.5 Å². The molecule has 39 heteroatoms. The fraction of sp³-hybridized carbons (Fsp3) is 0.254. The second kappa shape index (κ2) is 34.5. The number of carbonyl (C=O) groups excluding carboxylic acids is 5. The number of methoxy groups -OCH3 is 9. The van der Waals surface area contributed by atoms with Crippen molar-refractivity contribution >= 4 is 116 Å². The van der Waals surface area contributed by atoms with Crippen molar-refractivity contribution in [3.8, 4) is 51.6 Å². The lowest BCUT2D eigenvalue weighted by molar-refractivity contribution is -0.120. The molecule has 36 nitrogen and oxygen atoms in total. The summed E-state index contributed by atoms with van der Waals surface area (Å²) < 4.78 is 56.4. The first-order chi connectivity index (χ1) is 51.1. The zero-order valence-electron chi connectivity index (χ0n) is 58.3. The summed E-state index contributed by atoms with van der Waals surface area (Å²) in [4.78, 5) is 85.9. The van der Waals surface area contributed by atoms with Crippen LogP contribution in [0.3, 0.4) is 0 Å². The molecule has 0 bridgehead atoms. The van der Waals surface area contributed by atoms with Crippen molar-refractivity contribution in [2.75, 3.05) is 98.3 Å². The van der Waals surface area contributed by atoms with Gasteiger partial charge in [-0.1, -0.05) is 11.6 Å². The van der Waals surface area contributed by atoms with Crippen molar-refractivity contribution in [1.29, 1.82) is 0 Å². The zero-order valence-corrected chi connectivity index (χ0v) is 60.5. The molecule has 0 saturated carbocycles. The Bertz CT molecular complexity index is 5150. The number of fused-ring (bicyclic) bond motifs is 3. The molecule has 2 fully saturated rings. The minimum atomic E-state index is -0.559. The van der Waals surface area contributed by atoms with Crippen molar-refractivity contribution in [1.82, 2.24) is 77.8 Å². The van der Waals surface area contributed by atoms with Crippen LogP contribution >= 0.6 is 34.8 Å². The normalized spacial score (nSPS) is 13.5. The van der Waals surface area contributed by atoms with E-state index in [2.05, 4.69) is 56.2 Å². The quantitative estimate of drug-likeness (QED) is 0.0336. The number of primary amides is 2. The average Bonchev–Trinajstić information content (AvgIpc) is 1.64. The standard InChI is InChI=1S/C24H26N8O5.C19H17ClN6O4.C13H15N3O4.C6H3Cl2N3.C5H10N2O/c1-35-18-11-14(10-15(20(18)36-2)23(34)37-3)30-12-19(26-13-30)27-22-17-7-5-9-32(17)29-24(28-22)31-8-4-6-16(31)21(25)33;1-28-14-8-11(7-12(16(14)29-2)18(27)30-3)25-9-15(21-10-25)22-17-13-5-4-6-26(13)24-19(20)23-17;1-18-10-5-8(16-6-11(14)15-7-16)4-9(12(10)19-2)13(17)20-3;7-5-4-2-1-3-11(4)10-6(8)9-5;6-5(8)4-2-1-3-7-4/h5,7,9-13,16H,4,6,8H2,1-3H3,(H2,25,33)(H,27,28,29);4-10H,1-3H3,(H,22,23,24);4-7H,14H2,1-3H3;1-3H;4,7H,1-3H2,(H2,6,8)/t16-;;;;4-/m0...0/s1. The summed E-state index contributed by atoms with van der Waals surface area (Å²) in [6.45, 7) is 1.57. The SMILES string of the molecule is COC(=O)c1cc(-n2cnc(N)c2)cc(OC)c1OC.COC(=O)c1cc(-n2cnc(Nc3nc(Cl)nn4cccc34)c2)cc(OC)c1OC.COC(=O)c1cc(-n2cnc(Nc3nc(N4CCC[C@H]4C(N)=O)nn4cccc34)c2)cc(OC)c1OC.Clc1nc(Cl)c2cccn2n1.NC(=O)[C@@H]1CCCN1. The van der Waals surface area contributed by atoms with E-state index in [4.69, 9.17) is 99.6 Å². The number of esters is 3. The number of anilines is 6. The summed E-state index contributed by atoms with van der Waals surface area (Å²) in [5, 5.41) is 22.5. The van der Waals surface area contributed by atoms with Gasteiger partial charge in [-0.2, -0.15) is 9.97 Å². The highest BCUT2D eigenvalue weighted by atomic mass is 35.5. The molecule has 2 amide bonds. The number of hydrogen-bond donors (Lipinski definition) is 6. The van der Waals surface area contributed by atoms with Crippen LogP contribution in [0.1, 0.15) is 56.8 Å². The first-order valence-electron chi connectivity index (χ1n) is 31.7. The number of hydrogen-bond acceptors (Lipinski definition) is 28. The Morgan fingerprint density at radius 3 is 1.35 bits per heavy atom. The van der Waals surface area contributed by atoms with Crippen LogP contribution in [0.15, 0.2) is 129 Å². The third-order valence-electron chi connectivity index (χ3n) is 16.1. The summed E-state index contributed by atoms with van der Waals surface area (Å²) in [5.41, 5.74) is 21.0. The maximum atomic E-state index is 12.4. The Morgan fingerprint density at radius 2 is 0.943 bits per heavy atom. The van der Waals surface area contributed by atoms with E-state index in [9.17, 15) is 24.0 Å². The minimum Gasteiger partial charge on any atom is -0.493 e. The minimum absolute atomic E-state index is 0.0463. The molecule has 9 N–H and O–H groups in total. The molecule has 0 unspecified atom stereocenters. The Hall–Kier alpha value is -12.7. The number of rotatable bonds is 19. The van der Waals surface area contributed by atoms with Crippen LogP contribution in [-0.2, 0) is 23.8 Å². The van der Waals surface area contributed by atoms with Crippen LogP contribution in [0, 0.1) is 0 Å². The molecule has 0 aliphatic carbocycles. The lowest BCUT2D eigenvalue weighted by atomic mass is 10.1. The van der Waals surface area contributed by atoms with Gasteiger partial charge in [0, 0.05) is 43.3 Å². The molecule has 14 rings (SSSR count). The van der Waals surface area contributed by atoms with Crippen LogP contribution in [0.2, 0.25) is 15.7 Å². The molecule has 9 aromatic heterocycles. The van der Waals surface area contributed by atoms with Crippen LogP contribution in [0.4, 0.5) is 35.0 Å². The van der Waals surface area contributed by atoms with Gasteiger partial charge in [-0.25, -0.2) is 47.9 Å². The van der Waals surface area contributed by atoms with E-state index in [1.165, 1.54) is 70.3 Å². The second-order valence-corrected chi connectivity index (χ2v) is 23.5. The van der Waals surface area contributed by atoms with E-state index < -0.39 is 29.9 Å². The zero-order chi connectivity index (χ0) is 75.9. The van der Waals surface area contributed by atoms with Crippen LogP contribution in [0.5, 0.6) is 34.5 Å². The van der Waals surface area contributed by atoms with Gasteiger partial charge in [0.1, 0.15) is 75.7 Å². The predicted molar refractivity (Wildman–Crippen MR) is 389 cm³/mol. The number of imidazole rings is 3. The average molecular weight is 1510 g/mol. The highest BCUT2D eigenvalue weighted by Crippen LogP contribution is 2.38. The Kier molecular flexibility index (Phi) is 24.8. The second-order valence-electron chi connectivity index (χ2n) is 22.4. The summed E-state index contributed by atoms with van der Waals surface area (Å²) in [7, 11) is 12.7. The molecular formula is C67H71Cl3N22O14. The number of nitrogens with zero attached hydrogens (tertiary/aromatic N) is 16. The summed E-state index contributed by atoms with van der Waals surface area (Å²) in [6, 6.07) is 20.6. The lowest BCUT2D eigenvalue weighted by Crippen LogP contribution is -2.41. The Morgan fingerprint density at radius 1 is 0.509 bits per heavy atom. The van der Waals surface area contributed by atoms with Gasteiger partial charge in [-0.05, 0) is 110 Å².